The van der Waals surface area contributed by atoms with Crippen molar-refractivity contribution in [1.29, 1.82) is 0 Å². The van der Waals surface area contributed by atoms with Gasteiger partial charge in [-0.3, -0.25) is 13.8 Å². The molecule has 1 aromatic heterocycles. The molecule has 9 rings (SSSR count). The monoisotopic (exact) mass is 1200 g/mol. The second-order valence-corrected chi connectivity index (χ2v) is 27.7. The van der Waals surface area contributed by atoms with Crippen molar-refractivity contribution in [3.63, 3.8) is 0 Å². The van der Waals surface area contributed by atoms with Gasteiger partial charge >= 0.3 is 26.8 Å². The van der Waals surface area contributed by atoms with E-state index in [1.54, 1.807) is 24.3 Å². The molecular formula is C57H65ClF3N5O10P2S2. The molecule has 3 N–H and O–H groups in total. The van der Waals surface area contributed by atoms with E-state index in [0.717, 1.165) is 39.2 Å². The Balaban J connectivity index is 0.908. The first-order valence-electron chi connectivity index (χ1n) is 26.5. The molecule has 0 spiro atoms. The first-order valence-corrected chi connectivity index (χ1v) is 32.5. The maximum atomic E-state index is 15.1. The number of likely N-dealkylation sites (tertiary alicyclic amines) is 1. The van der Waals surface area contributed by atoms with Gasteiger partial charge in [0.25, 0.3) is 9.84 Å². The number of hydrogen-bond acceptors (Lipinski definition) is 11. The Kier molecular flexibility index (Phi) is 18.4. The lowest BCUT2D eigenvalue weighted by molar-refractivity contribution is -0.0436. The fourth-order valence-electron chi connectivity index (χ4n) is 11.1. The molecule has 23 heteroatoms. The molecule has 15 nitrogen and oxygen atoms in total. The van der Waals surface area contributed by atoms with Gasteiger partial charge in [-0.15, -0.1) is 11.8 Å². The highest BCUT2D eigenvalue weighted by Crippen LogP contribution is 2.56. The number of phosphoric acid groups is 1. The van der Waals surface area contributed by atoms with E-state index >= 15 is 4.57 Å². The van der Waals surface area contributed by atoms with Crippen LogP contribution in [0.25, 0.3) is 22.4 Å². The lowest BCUT2D eigenvalue weighted by Crippen LogP contribution is -2.46. The first kappa shape index (κ1) is 59.5. The van der Waals surface area contributed by atoms with E-state index in [4.69, 9.17) is 30.4 Å². The maximum absolute atomic E-state index is 15.1. The van der Waals surface area contributed by atoms with Gasteiger partial charge in [-0.25, -0.2) is 17.8 Å². The summed E-state index contributed by atoms with van der Waals surface area (Å²) in [6, 6.07) is 35.8. The number of carbonyl (C=O) groups is 1. The van der Waals surface area contributed by atoms with Gasteiger partial charge in [0.2, 0.25) is 0 Å². The van der Waals surface area contributed by atoms with Crippen LogP contribution in [-0.2, 0) is 34.4 Å². The summed E-state index contributed by atoms with van der Waals surface area (Å²) >= 11 is 7.80. The van der Waals surface area contributed by atoms with Crippen LogP contribution in [0.4, 0.5) is 30.2 Å². The Labute approximate surface area is 474 Å². The summed E-state index contributed by atoms with van der Waals surface area (Å²) in [6.07, 6.45) is 1.78. The molecule has 3 aliphatic heterocycles. The fraction of sp³-hybridized carbons (Fsp3) is 0.386. The standard InChI is InChI=1S/C57H65ClF3N5O10P2S2/c1-39(2)66-40(3)53(56(67)68)54(55(66)43-12-15-46(58)16-13-43)45-8-7-9-49(35-45)64-30-28-63(29-31-64)47-17-19-48(20-18-47)65-32-33-75-77(65,69)50-21-14-44(52(36-50)80(73,74)57(59,60)61)34-42(38-79-51-10-5-4-6-11-51)24-27-62-25-22-41(23-26-62)37-76-78(70,71)72/h4-21,35-36,39,41-42H,22-34,37-38H2,1-3H3,(H,67,68)(H2,70,71,72)/t42-,77+/m0/s1. The Bertz CT molecular complexity index is 3370. The molecule has 0 aliphatic carbocycles. The second kappa shape index (κ2) is 24.8. The highest BCUT2D eigenvalue weighted by Gasteiger charge is 2.49. The molecule has 5 aromatic carbocycles. The maximum Gasteiger partial charge on any atom is 0.501 e. The number of rotatable bonds is 20. The quantitative estimate of drug-likeness (QED) is 0.0484. The number of thioether (sulfide) groups is 1. The van der Waals surface area contributed by atoms with Crippen molar-refractivity contribution in [2.45, 2.75) is 67.8 Å². The normalized spacial score (nSPS) is 18.4. The van der Waals surface area contributed by atoms with Crippen molar-refractivity contribution < 1.29 is 59.5 Å². The minimum absolute atomic E-state index is 0.0127. The zero-order valence-electron chi connectivity index (χ0n) is 44.5. The summed E-state index contributed by atoms with van der Waals surface area (Å²) < 4.78 is 111. The summed E-state index contributed by atoms with van der Waals surface area (Å²) in [4.78, 5) is 37.9. The molecule has 4 heterocycles. The van der Waals surface area contributed by atoms with Crippen LogP contribution in [-0.4, -0.2) is 116 Å². The summed E-state index contributed by atoms with van der Waals surface area (Å²) in [7, 11) is -14.7. The third-order valence-corrected chi connectivity index (χ3v) is 21.3. The largest absolute Gasteiger partial charge is 0.501 e. The van der Waals surface area contributed by atoms with Crippen LogP contribution in [0.2, 0.25) is 5.02 Å². The zero-order chi connectivity index (χ0) is 57.1. The van der Waals surface area contributed by atoms with Crippen LogP contribution in [0.3, 0.4) is 0 Å². The number of benzene rings is 5. The number of carboxylic acids is 1. The van der Waals surface area contributed by atoms with Crippen molar-refractivity contribution in [3.05, 3.63) is 143 Å². The number of piperazine rings is 1. The molecule has 3 fully saturated rings. The van der Waals surface area contributed by atoms with Crippen molar-refractivity contribution in [2.75, 3.05) is 85.8 Å². The predicted molar refractivity (Wildman–Crippen MR) is 310 cm³/mol. The lowest BCUT2D eigenvalue weighted by atomic mass is 9.95. The van der Waals surface area contributed by atoms with E-state index in [-0.39, 0.29) is 60.5 Å². The third-order valence-electron chi connectivity index (χ3n) is 15.2. The molecule has 80 heavy (non-hydrogen) atoms. The van der Waals surface area contributed by atoms with E-state index in [2.05, 4.69) is 19.3 Å². The lowest BCUT2D eigenvalue weighted by Gasteiger charge is -2.37. The van der Waals surface area contributed by atoms with E-state index in [1.807, 2.05) is 99.6 Å². The third kappa shape index (κ3) is 13.4. The summed E-state index contributed by atoms with van der Waals surface area (Å²) in [5, 5.41) is 11.0. The van der Waals surface area contributed by atoms with Crippen LogP contribution in [0.15, 0.2) is 131 Å². The smallest absolute Gasteiger partial charge is 0.478 e. The molecule has 0 bridgehead atoms. The molecule has 0 unspecified atom stereocenters. The number of nitrogens with zero attached hydrogens (tertiary/aromatic N) is 5. The number of aromatic nitrogens is 1. The minimum Gasteiger partial charge on any atom is -0.478 e. The molecule has 0 amide bonds. The van der Waals surface area contributed by atoms with E-state index in [9.17, 15) is 36.1 Å². The second-order valence-electron chi connectivity index (χ2n) is 20.8. The number of sulfone groups is 1. The topological polar surface area (TPSA) is 182 Å². The van der Waals surface area contributed by atoms with Crippen LogP contribution in [0.1, 0.15) is 60.8 Å². The number of aromatic carboxylic acids is 1. The average molecular weight is 1200 g/mol. The number of phosphoric ester groups is 1. The molecule has 3 saturated heterocycles. The van der Waals surface area contributed by atoms with Crippen molar-refractivity contribution in [2.24, 2.45) is 11.8 Å². The van der Waals surface area contributed by atoms with Gasteiger partial charge < -0.3 is 38.7 Å². The number of alkyl halides is 3. The molecular weight excluding hydrogens is 1130 g/mol. The highest BCUT2D eigenvalue weighted by molar-refractivity contribution is 7.99. The number of anilines is 3. The molecule has 6 aromatic rings. The average Bonchev–Trinajstić information content (AvgIpc) is 4.08. The van der Waals surface area contributed by atoms with Gasteiger partial charge in [0.1, 0.15) is 0 Å². The molecule has 0 radical (unpaired) electrons. The van der Waals surface area contributed by atoms with Gasteiger partial charge in [0, 0.05) is 76.2 Å². The van der Waals surface area contributed by atoms with Crippen LogP contribution < -0.4 is 19.8 Å². The predicted octanol–water partition coefficient (Wildman–Crippen LogP) is 12.2. The Hall–Kier alpha value is -5.11. The molecule has 3 aliphatic rings. The van der Waals surface area contributed by atoms with Gasteiger partial charge in [-0.05, 0) is 167 Å². The van der Waals surface area contributed by atoms with Crippen molar-refractivity contribution >= 4 is 76.9 Å². The number of halogens is 4. The van der Waals surface area contributed by atoms with Crippen molar-refractivity contribution in [3.8, 4) is 22.4 Å². The fourth-order valence-corrected chi connectivity index (χ4v) is 16.1. The van der Waals surface area contributed by atoms with E-state index < -0.39 is 41.6 Å². The summed E-state index contributed by atoms with van der Waals surface area (Å²) in [5.41, 5.74) is 0.603. The first-order chi connectivity index (χ1) is 38.0. The van der Waals surface area contributed by atoms with Crippen molar-refractivity contribution in [1.82, 2.24) is 9.47 Å². The highest BCUT2D eigenvalue weighted by atomic mass is 35.5. The van der Waals surface area contributed by atoms with Crippen LogP contribution in [0, 0.1) is 18.8 Å². The minimum atomic E-state index is -5.93. The SMILES string of the molecule is Cc1c(C(=O)O)c(-c2cccc(N3CCN(c4ccc(N5CCO[P@]5(=O)c5ccc(C[C@H](CCN6CCC(COP(=O)(O)O)CC6)CSc6ccccc6)c(S(=O)(=O)C(F)(F)F)c5)cc4)CC3)c2)c(-c2ccc(Cl)cc2)n1C(C)C. The zero-order valence-corrected chi connectivity index (χ0v) is 48.7. The molecule has 0 saturated carbocycles. The number of piperidine rings is 1. The summed E-state index contributed by atoms with van der Waals surface area (Å²) in [6.45, 7) is 10.4. The number of carboxylic acid groups (broad SMARTS) is 1. The van der Waals surface area contributed by atoms with E-state index in [1.165, 1.54) is 28.6 Å². The van der Waals surface area contributed by atoms with Crippen LogP contribution in [0.5, 0.6) is 0 Å². The van der Waals surface area contributed by atoms with E-state index in [0.29, 0.717) is 92.8 Å². The number of hydrogen-bond donors (Lipinski definition) is 3. The van der Waals surface area contributed by atoms with Gasteiger partial charge in [-0.1, -0.05) is 60.1 Å². The Morgan fingerprint density at radius 1 is 0.838 bits per heavy atom. The Morgan fingerprint density at radius 3 is 2.11 bits per heavy atom. The van der Waals surface area contributed by atoms with Gasteiger partial charge in [-0.2, -0.15) is 13.2 Å². The molecule has 428 valence electrons. The van der Waals surface area contributed by atoms with Crippen LogP contribution >= 0.6 is 38.7 Å². The Morgan fingerprint density at radius 2 is 1.49 bits per heavy atom. The van der Waals surface area contributed by atoms with Gasteiger partial charge in [0.15, 0.2) is 0 Å². The summed E-state index contributed by atoms with van der Waals surface area (Å²) in [5.74, 6) is -0.863. The molecule has 2 atom stereocenters. The van der Waals surface area contributed by atoms with Gasteiger partial charge in [0.05, 0.1) is 41.2 Å².